The summed E-state index contributed by atoms with van der Waals surface area (Å²) >= 11 is 0. The van der Waals surface area contributed by atoms with Crippen LogP contribution in [0.5, 0.6) is 0 Å². The SMILES string of the molecule is CC[C@H](C)[C@@H](O)c1nnc2cc(-c3ccnc(Nc4ccnn4C)n3)ccn12. The second-order valence-corrected chi connectivity index (χ2v) is 6.76. The summed E-state index contributed by atoms with van der Waals surface area (Å²) in [6.45, 7) is 4.04. The molecule has 0 amide bonds. The van der Waals surface area contributed by atoms with Crippen molar-refractivity contribution in [3.05, 3.63) is 48.7 Å². The Balaban J connectivity index is 1.65. The minimum absolute atomic E-state index is 0.106. The van der Waals surface area contributed by atoms with E-state index in [2.05, 4.69) is 30.6 Å². The molecule has 4 heterocycles. The number of aryl methyl sites for hydroxylation is 1. The van der Waals surface area contributed by atoms with Gasteiger partial charge in [-0.1, -0.05) is 20.3 Å². The van der Waals surface area contributed by atoms with E-state index in [1.165, 1.54) is 0 Å². The predicted octanol–water partition coefficient (Wildman–Crippen LogP) is 2.74. The van der Waals surface area contributed by atoms with Gasteiger partial charge in [-0.05, 0) is 24.1 Å². The molecule has 0 aromatic carbocycles. The summed E-state index contributed by atoms with van der Waals surface area (Å²) in [5, 5.41) is 26.2. The number of hydrogen-bond donors (Lipinski definition) is 2. The van der Waals surface area contributed by atoms with E-state index < -0.39 is 6.10 Å². The first-order chi connectivity index (χ1) is 13.6. The van der Waals surface area contributed by atoms with Crippen LogP contribution in [-0.4, -0.2) is 39.5 Å². The van der Waals surface area contributed by atoms with Gasteiger partial charge in [0, 0.05) is 31.1 Å². The third-order valence-corrected chi connectivity index (χ3v) is 4.90. The Bertz CT molecular complexity index is 1100. The molecule has 0 radical (unpaired) electrons. The van der Waals surface area contributed by atoms with Gasteiger partial charge in [-0.2, -0.15) is 5.10 Å². The van der Waals surface area contributed by atoms with Crippen molar-refractivity contribution in [2.24, 2.45) is 13.0 Å². The number of aliphatic hydroxyl groups excluding tert-OH is 1. The van der Waals surface area contributed by atoms with Gasteiger partial charge in [0.15, 0.2) is 11.5 Å². The summed E-state index contributed by atoms with van der Waals surface area (Å²) in [7, 11) is 1.84. The Morgan fingerprint density at radius 1 is 1.18 bits per heavy atom. The van der Waals surface area contributed by atoms with Gasteiger partial charge in [0.05, 0.1) is 11.9 Å². The van der Waals surface area contributed by atoms with Crippen molar-refractivity contribution >= 4 is 17.4 Å². The largest absolute Gasteiger partial charge is 0.385 e. The number of fused-ring (bicyclic) bond motifs is 1. The number of aliphatic hydroxyl groups is 1. The van der Waals surface area contributed by atoms with E-state index in [0.717, 1.165) is 23.5 Å². The van der Waals surface area contributed by atoms with Gasteiger partial charge >= 0.3 is 0 Å². The average Bonchev–Trinajstić information content (AvgIpc) is 3.32. The monoisotopic (exact) mass is 378 g/mol. The lowest BCUT2D eigenvalue weighted by molar-refractivity contribution is 0.105. The molecule has 9 nitrogen and oxygen atoms in total. The number of pyridine rings is 1. The van der Waals surface area contributed by atoms with Crippen molar-refractivity contribution < 1.29 is 5.11 Å². The molecule has 0 saturated carbocycles. The number of aromatic nitrogens is 7. The van der Waals surface area contributed by atoms with E-state index in [9.17, 15) is 5.11 Å². The number of rotatable bonds is 6. The van der Waals surface area contributed by atoms with Gasteiger partial charge in [0.1, 0.15) is 11.9 Å². The summed E-state index contributed by atoms with van der Waals surface area (Å²) in [6.07, 6.45) is 5.48. The van der Waals surface area contributed by atoms with Crippen LogP contribution >= 0.6 is 0 Å². The zero-order valence-corrected chi connectivity index (χ0v) is 16.0. The van der Waals surface area contributed by atoms with Crippen LogP contribution in [0.2, 0.25) is 0 Å². The predicted molar refractivity (Wildman–Crippen MR) is 105 cm³/mol. The summed E-state index contributed by atoms with van der Waals surface area (Å²) in [5.74, 6) is 1.94. The Morgan fingerprint density at radius 2 is 2.04 bits per heavy atom. The quantitative estimate of drug-likeness (QED) is 0.531. The fourth-order valence-electron chi connectivity index (χ4n) is 2.94. The lowest BCUT2D eigenvalue weighted by atomic mass is 10.0. The van der Waals surface area contributed by atoms with E-state index in [4.69, 9.17) is 0 Å². The van der Waals surface area contributed by atoms with Crippen molar-refractivity contribution in [2.45, 2.75) is 26.4 Å². The molecule has 2 atom stereocenters. The number of hydrogen-bond acceptors (Lipinski definition) is 7. The van der Waals surface area contributed by atoms with Gasteiger partial charge in [-0.15, -0.1) is 10.2 Å². The lowest BCUT2D eigenvalue weighted by Gasteiger charge is -2.15. The normalized spacial score (nSPS) is 13.6. The molecular weight excluding hydrogens is 356 g/mol. The van der Waals surface area contributed by atoms with Crippen LogP contribution in [-0.2, 0) is 7.05 Å². The van der Waals surface area contributed by atoms with Gasteiger partial charge in [-0.25, -0.2) is 9.97 Å². The molecule has 4 aromatic rings. The smallest absolute Gasteiger partial charge is 0.228 e. The molecule has 4 aromatic heterocycles. The zero-order valence-electron chi connectivity index (χ0n) is 16.0. The van der Waals surface area contributed by atoms with Gasteiger partial charge < -0.3 is 10.4 Å². The van der Waals surface area contributed by atoms with E-state index in [1.54, 1.807) is 17.1 Å². The van der Waals surface area contributed by atoms with E-state index in [-0.39, 0.29) is 5.92 Å². The van der Waals surface area contributed by atoms with Crippen molar-refractivity contribution in [2.75, 3.05) is 5.32 Å². The number of nitrogens with zero attached hydrogens (tertiary/aromatic N) is 7. The Hall–Kier alpha value is -3.33. The first-order valence-electron chi connectivity index (χ1n) is 9.18. The lowest BCUT2D eigenvalue weighted by Crippen LogP contribution is -2.11. The fourth-order valence-corrected chi connectivity index (χ4v) is 2.94. The van der Waals surface area contributed by atoms with E-state index >= 15 is 0 Å². The summed E-state index contributed by atoms with van der Waals surface area (Å²) in [6, 6.07) is 7.52. The Kier molecular flexibility index (Phi) is 4.74. The standard InChI is InChI=1S/C19H22N8O/c1-4-12(2)17(28)18-25-24-16-11-13(7-10-27(16)18)14-5-8-20-19(22-14)23-15-6-9-21-26(15)3/h5-12,17,28H,4H2,1-3H3,(H,20,22,23)/t12-,17+/m0/s1. The van der Waals surface area contributed by atoms with E-state index in [0.29, 0.717) is 17.4 Å². The van der Waals surface area contributed by atoms with Crippen molar-refractivity contribution in [1.82, 2.24) is 34.3 Å². The van der Waals surface area contributed by atoms with Gasteiger partial charge in [-0.3, -0.25) is 9.08 Å². The van der Waals surface area contributed by atoms with E-state index in [1.807, 2.05) is 55.8 Å². The van der Waals surface area contributed by atoms with Crippen molar-refractivity contribution in [1.29, 1.82) is 0 Å². The van der Waals surface area contributed by atoms with Crippen LogP contribution in [0.25, 0.3) is 16.9 Å². The first-order valence-corrected chi connectivity index (χ1v) is 9.18. The van der Waals surface area contributed by atoms with Crippen LogP contribution in [0.1, 0.15) is 32.2 Å². The van der Waals surface area contributed by atoms with Crippen LogP contribution in [0, 0.1) is 5.92 Å². The second kappa shape index (κ2) is 7.35. The third kappa shape index (κ3) is 3.31. The summed E-state index contributed by atoms with van der Waals surface area (Å²) in [5.41, 5.74) is 2.31. The van der Waals surface area contributed by atoms with Crippen LogP contribution in [0.3, 0.4) is 0 Å². The Morgan fingerprint density at radius 3 is 2.79 bits per heavy atom. The van der Waals surface area contributed by atoms with Gasteiger partial charge in [0.2, 0.25) is 5.95 Å². The molecule has 2 N–H and O–H groups in total. The maximum Gasteiger partial charge on any atom is 0.228 e. The maximum absolute atomic E-state index is 10.5. The van der Waals surface area contributed by atoms with Crippen molar-refractivity contribution in [3.8, 4) is 11.3 Å². The zero-order chi connectivity index (χ0) is 19.7. The second-order valence-electron chi connectivity index (χ2n) is 6.76. The molecule has 0 spiro atoms. The van der Waals surface area contributed by atoms with Gasteiger partial charge in [0.25, 0.3) is 0 Å². The third-order valence-electron chi connectivity index (χ3n) is 4.90. The number of anilines is 2. The molecule has 28 heavy (non-hydrogen) atoms. The molecule has 0 unspecified atom stereocenters. The highest BCUT2D eigenvalue weighted by Crippen LogP contribution is 2.25. The maximum atomic E-state index is 10.5. The van der Waals surface area contributed by atoms with Crippen LogP contribution < -0.4 is 5.32 Å². The Labute approximate surface area is 162 Å². The minimum atomic E-state index is -0.653. The first kappa shape index (κ1) is 18.1. The highest BCUT2D eigenvalue weighted by atomic mass is 16.3. The molecule has 0 aliphatic rings. The molecule has 4 rings (SSSR count). The van der Waals surface area contributed by atoms with Crippen LogP contribution in [0.15, 0.2) is 42.9 Å². The molecule has 0 saturated heterocycles. The molecule has 9 heteroatoms. The summed E-state index contributed by atoms with van der Waals surface area (Å²) in [4.78, 5) is 8.85. The molecule has 0 aliphatic carbocycles. The van der Waals surface area contributed by atoms with Crippen LogP contribution in [0.4, 0.5) is 11.8 Å². The fraction of sp³-hybridized carbons (Fsp3) is 0.316. The molecule has 0 bridgehead atoms. The highest BCUT2D eigenvalue weighted by Gasteiger charge is 2.20. The molecular formula is C19H22N8O. The summed E-state index contributed by atoms with van der Waals surface area (Å²) < 4.78 is 3.53. The molecule has 144 valence electrons. The molecule has 0 aliphatic heterocycles. The topological polar surface area (TPSA) is 106 Å². The molecule has 0 fully saturated rings. The number of nitrogens with one attached hydrogen (secondary N) is 1. The average molecular weight is 378 g/mol. The van der Waals surface area contributed by atoms with Crippen molar-refractivity contribution in [3.63, 3.8) is 0 Å². The minimum Gasteiger partial charge on any atom is -0.385 e. The highest BCUT2D eigenvalue weighted by molar-refractivity contribution is 5.65.